The largest absolute Gasteiger partial charge is 0.443 e. The van der Waals surface area contributed by atoms with E-state index in [1.54, 1.807) is 11.9 Å². The van der Waals surface area contributed by atoms with Crippen molar-refractivity contribution in [1.82, 2.24) is 4.72 Å². The lowest BCUT2D eigenvalue weighted by Gasteiger charge is -2.13. The number of nitrogens with one attached hydrogen (secondary N) is 1. The molecule has 0 bridgehead atoms. The summed E-state index contributed by atoms with van der Waals surface area (Å²) in [7, 11) is 0. The van der Waals surface area contributed by atoms with E-state index in [1.807, 2.05) is 43.5 Å². The van der Waals surface area contributed by atoms with E-state index in [0.717, 1.165) is 21.8 Å². The number of nitrogens with zero attached hydrogens (tertiary/aromatic N) is 1. The zero-order valence-corrected chi connectivity index (χ0v) is 16.6. The molecule has 0 spiro atoms. The maximum Gasteiger partial charge on any atom is 0.191 e. The molecule has 136 valence electrons. The van der Waals surface area contributed by atoms with E-state index in [2.05, 4.69) is 61.3 Å². The highest BCUT2D eigenvalue weighted by Gasteiger charge is 2.04. The fourth-order valence-corrected chi connectivity index (χ4v) is 2.80. The van der Waals surface area contributed by atoms with Gasteiger partial charge in [0.05, 0.1) is 0 Å². The van der Waals surface area contributed by atoms with Gasteiger partial charge in [-0.15, -0.1) is 0 Å². The Morgan fingerprint density at radius 2 is 1.77 bits per heavy atom. The van der Waals surface area contributed by atoms with Gasteiger partial charge < -0.3 is 4.74 Å². The number of rotatable bonds is 7. The molecule has 0 radical (unpaired) electrons. The summed E-state index contributed by atoms with van der Waals surface area (Å²) in [5, 5.41) is 0. The number of benzene rings is 2. The second-order valence-corrected chi connectivity index (χ2v) is 7.06. The maximum absolute atomic E-state index is 5.72. The van der Waals surface area contributed by atoms with Gasteiger partial charge >= 0.3 is 0 Å². The Morgan fingerprint density at radius 1 is 1.12 bits per heavy atom. The van der Waals surface area contributed by atoms with Crippen molar-refractivity contribution in [3.8, 4) is 5.75 Å². The van der Waals surface area contributed by atoms with Crippen LogP contribution in [0.5, 0.6) is 5.75 Å². The van der Waals surface area contributed by atoms with E-state index in [-0.39, 0.29) is 6.04 Å². The molecular formula is C22H26N2OS. The Morgan fingerprint density at radius 3 is 2.38 bits per heavy atom. The lowest BCUT2D eigenvalue weighted by molar-refractivity contribution is 0.546. The Hall–Kier alpha value is -2.30. The van der Waals surface area contributed by atoms with Crippen LogP contribution in [0, 0.1) is 6.92 Å². The molecule has 2 aromatic carbocycles. The standard InChI is InChI=1S/C22H26N2OS/c1-6-20-9-13-22(14-10-20)26-24-18(4)17(3)15-23-19(5)25-21-11-7-16(2)8-12-21/h6-15,18,24H,1H2,2-5H3/b17-15+,23-19?. The fraction of sp³-hybridized carbons (Fsp3) is 0.227. The van der Waals surface area contributed by atoms with Crippen LogP contribution in [0.1, 0.15) is 31.9 Å². The summed E-state index contributed by atoms with van der Waals surface area (Å²) in [6.07, 6.45) is 3.69. The molecule has 2 rings (SSSR count). The first-order chi connectivity index (χ1) is 12.5. The molecule has 4 heteroatoms. The van der Waals surface area contributed by atoms with Gasteiger partial charge in [0.15, 0.2) is 5.90 Å². The highest BCUT2D eigenvalue weighted by atomic mass is 32.2. The van der Waals surface area contributed by atoms with Crippen LogP contribution >= 0.6 is 11.9 Å². The van der Waals surface area contributed by atoms with Crippen molar-refractivity contribution in [2.45, 2.75) is 38.6 Å². The van der Waals surface area contributed by atoms with Crippen LogP contribution in [0.4, 0.5) is 0 Å². The first kappa shape index (κ1) is 20.0. The van der Waals surface area contributed by atoms with Crippen molar-refractivity contribution >= 4 is 23.9 Å². The zero-order chi connectivity index (χ0) is 18.9. The summed E-state index contributed by atoms with van der Waals surface area (Å²) >= 11 is 1.61. The van der Waals surface area contributed by atoms with Gasteiger partial charge in [0, 0.05) is 24.1 Å². The van der Waals surface area contributed by atoms with E-state index in [0.29, 0.717) is 5.90 Å². The van der Waals surface area contributed by atoms with Gasteiger partial charge in [0.1, 0.15) is 5.75 Å². The molecule has 0 aliphatic heterocycles. The van der Waals surface area contributed by atoms with Crippen molar-refractivity contribution in [2.24, 2.45) is 4.99 Å². The first-order valence-electron chi connectivity index (χ1n) is 8.58. The summed E-state index contributed by atoms with van der Waals surface area (Å²) in [5.41, 5.74) is 3.46. The zero-order valence-electron chi connectivity index (χ0n) is 15.8. The summed E-state index contributed by atoms with van der Waals surface area (Å²) in [6, 6.07) is 16.4. The van der Waals surface area contributed by atoms with Crippen LogP contribution in [-0.2, 0) is 0 Å². The number of hydrogen-bond acceptors (Lipinski definition) is 4. The van der Waals surface area contributed by atoms with Gasteiger partial charge in [-0.1, -0.05) is 42.5 Å². The topological polar surface area (TPSA) is 33.6 Å². The summed E-state index contributed by atoms with van der Waals surface area (Å²) in [4.78, 5) is 5.58. The molecule has 0 heterocycles. The summed E-state index contributed by atoms with van der Waals surface area (Å²) < 4.78 is 9.15. The summed E-state index contributed by atoms with van der Waals surface area (Å²) in [5.74, 6) is 1.42. The second-order valence-electron chi connectivity index (χ2n) is 6.15. The number of aliphatic imine (C=N–C) groups is 1. The van der Waals surface area contributed by atoms with Gasteiger partial charge in [-0.2, -0.15) is 0 Å². The normalized spacial score (nSPS) is 13.4. The molecule has 0 aliphatic rings. The van der Waals surface area contributed by atoms with Crippen LogP contribution in [-0.4, -0.2) is 11.9 Å². The lowest BCUT2D eigenvalue weighted by atomic mass is 10.2. The fourth-order valence-electron chi connectivity index (χ4n) is 2.03. The first-order valence-corrected chi connectivity index (χ1v) is 9.40. The van der Waals surface area contributed by atoms with Crippen molar-refractivity contribution in [3.05, 3.63) is 78.0 Å². The van der Waals surface area contributed by atoms with Crippen LogP contribution in [0.25, 0.3) is 6.08 Å². The minimum Gasteiger partial charge on any atom is -0.443 e. The van der Waals surface area contributed by atoms with Crippen molar-refractivity contribution in [1.29, 1.82) is 0 Å². The monoisotopic (exact) mass is 366 g/mol. The third kappa shape index (κ3) is 6.54. The maximum atomic E-state index is 5.72. The predicted molar refractivity (Wildman–Crippen MR) is 114 cm³/mol. The molecule has 0 aliphatic carbocycles. The van der Waals surface area contributed by atoms with Gasteiger partial charge in [0.25, 0.3) is 0 Å². The van der Waals surface area contributed by atoms with Crippen molar-refractivity contribution in [3.63, 3.8) is 0 Å². The van der Waals surface area contributed by atoms with E-state index in [1.165, 1.54) is 5.56 Å². The average Bonchev–Trinajstić information content (AvgIpc) is 2.66. The van der Waals surface area contributed by atoms with Gasteiger partial charge in [-0.25, -0.2) is 4.99 Å². The molecule has 26 heavy (non-hydrogen) atoms. The highest BCUT2D eigenvalue weighted by Crippen LogP contribution is 2.18. The smallest absolute Gasteiger partial charge is 0.191 e. The molecule has 0 saturated heterocycles. The third-order valence-corrected chi connectivity index (χ3v) is 4.87. The van der Waals surface area contributed by atoms with Gasteiger partial charge in [0.2, 0.25) is 0 Å². The third-order valence-electron chi connectivity index (χ3n) is 3.89. The Kier molecular flexibility index (Phi) is 7.70. The van der Waals surface area contributed by atoms with E-state index >= 15 is 0 Å². The Bertz CT molecular complexity index is 777. The van der Waals surface area contributed by atoms with E-state index < -0.39 is 0 Å². The predicted octanol–water partition coefficient (Wildman–Crippen LogP) is 6.02. The van der Waals surface area contributed by atoms with Crippen LogP contribution < -0.4 is 9.46 Å². The summed E-state index contributed by atoms with van der Waals surface area (Å²) in [6.45, 7) is 11.9. The molecule has 3 nitrogen and oxygen atoms in total. The second kappa shape index (κ2) is 10.00. The van der Waals surface area contributed by atoms with Crippen molar-refractivity contribution < 1.29 is 4.74 Å². The number of ether oxygens (including phenoxy) is 1. The lowest BCUT2D eigenvalue weighted by Crippen LogP contribution is -2.20. The minimum absolute atomic E-state index is 0.190. The van der Waals surface area contributed by atoms with Gasteiger partial charge in [-0.05, 0) is 68.1 Å². The molecule has 1 N–H and O–H groups in total. The Labute approximate surface area is 161 Å². The molecule has 0 saturated carbocycles. The number of aryl methyl sites for hydroxylation is 1. The van der Waals surface area contributed by atoms with Crippen LogP contribution in [0.3, 0.4) is 0 Å². The van der Waals surface area contributed by atoms with Gasteiger partial charge in [-0.3, -0.25) is 4.72 Å². The molecule has 0 fully saturated rings. The van der Waals surface area contributed by atoms with Crippen molar-refractivity contribution in [2.75, 3.05) is 0 Å². The average molecular weight is 367 g/mol. The quantitative estimate of drug-likeness (QED) is 0.369. The minimum atomic E-state index is 0.190. The molecule has 1 atom stereocenters. The molecule has 2 aromatic rings. The molecular weight excluding hydrogens is 340 g/mol. The molecule has 0 aromatic heterocycles. The van der Waals surface area contributed by atoms with E-state index in [9.17, 15) is 0 Å². The van der Waals surface area contributed by atoms with Crippen LogP contribution in [0.2, 0.25) is 0 Å². The van der Waals surface area contributed by atoms with E-state index in [4.69, 9.17) is 4.74 Å². The Balaban J connectivity index is 1.87. The molecule has 1 unspecified atom stereocenters. The van der Waals surface area contributed by atoms with Crippen LogP contribution in [0.15, 0.2) is 76.8 Å². The molecule has 0 amide bonds. The highest BCUT2D eigenvalue weighted by molar-refractivity contribution is 7.97. The SMILES string of the molecule is C=Cc1ccc(SNC(C)/C(C)=C/N=C(C)Oc2ccc(C)cc2)cc1. The number of hydrogen-bond donors (Lipinski definition) is 1.